The summed E-state index contributed by atoms with van der Waals surface area (Å²) in [4.78, 5) is 14.3. The number of amides is 1. The van der Waals surface area contributed by atoms with Crippen molar-refractivity contribution < 1.29 is 17.6 Å². The predicted molar refractivity (Wildman–Crippen MR) is 105 cm³/mol. The third-order valence-corrected chi connectivity index (χ3v) is 6.82. The smallest absolute Gasteiger partial charge is 0.243 e. The number of rotatable bonds is 5. The maximum atomic E-state index is 13.1. The van der Waals surface area contributed by atoms with Crippen LogP contribution >= 0.6 is 0 Å². The van der Waals surface area contributed by atoms with E-state index in [0.717, 1.165) is 17.5 Å². The van der Waals surface area contributed by atoms with Crippen LogP contribution in [-0.4, -0.2) is 37.1 Å². The molecule has 0 radical (unpaired) electrons. The minimum Gasteiger partial charge on any atom is -0.338 e. The number of halogens is 1. The van der Waals surface area contributed by atoms with Crippen LogP contribution in [0.3, 0.4) is 0 Å². The summed E-state index contributed by atoms with van der Waals surface area (Å²) in [5, 5.41) is 0. The van der Waals surface area contributed by atoms with Gasteiger partial charge in [0.25, 0.3) is 0 Å². The molecule has 0 bridgehead atoms. The number of carbonyl (C=O) groups is 1. The molecule has 0 saturated heterocycles. The molecule has 1 heterocycles. The molecule has 0 spiro atoms. The number of hydrogen-bond donors (Lipinski definition) is 0. The average Bonchev–Trinajstić information content (AvgIpc) is 2.68. The molecule has 150 valence electrons. The molecule has 0 atom stereocenters. The highest BCUT2D eigenvalue weighted by Crippen LogP contribution is 2.25. The lowest BCUT2D eigenvalue weighted by molar-refractivity contribution is -0.135. The highest BCUT2D eigenvalue weighted by Gasteiger charge is 2.26. The van der Waals surface area contributed by atoms with E-state index in [2.05, 4.69) is 0 Å². The normalized spacial score (nSPS) is 14.4. The molecular formula is C21H25FN2O3S. The molecule has 0 fully saturated rings. The van der Waals surface area contributed by atoms with Gasteiger partial charge in [-0.2, -0.15) is 4.31 Å². The predicted octanol–water partition coefficient (Wildman–Crippen LogP) is 3.19. The Morgan fingerprint density at radius 1 is 1.14 bits per heavy atom. The van der Waals surface area contributed by atoms with E-state index < -0.39 is 10.0 Å². The maximum Gasteiger partial charge on any atom is 0.243 e. The topological polar surface area (TPSA) is 57.7 Å². The lowest BCUT2D eigenvalue weighted by Gasteiger charge is -2.30. The monoisotopic (exact) mass is 404 g/mol. The second-order valence-electron chi connectivity index (χ2n) is 7.48. The Kier molecular flexibility index (Phi) is 5.86. The van der Waals surface area contributed by atoms with Gasteiger partial charge >= 0.3 is 0 Å². The molecular weight excluding hydrogens is 379 g/mol. The fourth-order valence-electron chi connectivity index (χ4n) is 3.36. The summed E-state index contributed by atoms with van der Waals surface area (Å²) in [6.07, 6.45) is 0.722. The molecule has 2 aromatic rings. The van der Waals surface area contributed by atoms with Crippen molar-refractivity contribution in [3.63, 3.8) is 0 Å². The zero-order valence-corrected chi connectivity index (χ0v) is 17.2. The third kappa shape index (κ3) is 4.25. The van der Waals surface area contributed by atoms with E-state index in [1.165, 1.54) is 23.5 Å². The van der Waals surface area contributed by atoms with E-state index in [0.29, 0.717) is 18.7 Å². The van der Waals surface area contributed by atoms with E-state index in [-0.39, 0.29) is 29.1 Å². The summed E-state index contributed by atoms with van der Waals surface area (Å²) >= 11 is 0. The molecule has 5 nitrogen and oxygen atoms in total. The lowest BCUT2D eigenvalue weighted by Crippen LogP contribution is -2.38. The molecule has 1 aliphatic heterocycles. The van der Waals surface area contributed by atoms with Gasteiger partial charge in [-0.15, -0.1) is 0 Å². The van der Waals surface area contributed by atoms with E-state index in [1.807, 2.05) is 19.9 Å². The lowest BCUT2D eigenvalue weighted by atomic mass is 9.99. The molecule has 0 aromatic heterocycles. The SMILES string of the molecule is CC(C)C(=O)N1CCc2ccc(S(=O)(=O)N(C)Cc3ccc(F)cc3)cc2C1. The van der Waals surface area contributed by atoms with Crippen LogP contribution in [0.5, 0.6) is 0 Å². The van der Waals surface area contributed by atoms with Crippen LogP contribution in [0.25, 0.3) is 0 Å². The summed E-state index contributed by atoms with van der Waals surface area (Å²) in [6.45, 7) is 4.96. The zero-order valence-electron chi connectivity index (χ0n) is 16.4. The summed E-state index contributed by atoms with van der Waals surface area (Å²) in [5.41, 5.74) is 2.66. The van der Waals surface area contributed by atoms with Crippen molar-refractivity contribution in [3.05, 3.63) is 65.0 Å². The van der Waals surface area contributed by atoms with Gasteiger partial charge in [0.2, 0.25) is 15.9 Å². The highest BCUT2D eigenvalue weighted by atomic mass is 32.2. The Bertz CT molecular complexity index is 972. The molecule has 0 N–H and O–H groups in total. The molecule has 3 rings (SSSR count). The second kappa shape index (κ2) is 8.01. The number of fused-ring (bicyclic) bond motifs is 1. The maximum absolute atomic E-state index is 13.1. The molecule has 0 unspecified atom stereocenters. The first-order valence-corrected chi connectivity index (χ1v) is 10.7. The van der Waals surface area contributed by atoms with Gasteiger partial charge < -0.3 is 4.90 Å². The molecule has 0 saturated carbocycles. The van der Waals surface area contributed by atoms with Gasteiger partial charge in [0.1, 0.15) is 5.82 Å². The summed E-state index contributed by atoms with van der Waals surface area (Å²) in [6, 6.07) is 10.9. The first-order chi connectivity index (χ1) is 13.2. The fraction of sp³-hybridized carbons (Fsp3) is 0.381. The van der Waals surface area contributed by atoms with Gasteiger partial charge in [-0.3, -0.25) is 4.79 Å². The Hall–Kier alpha value is -2.25. The van der Waals surface area contributed by atoms with Gasteiger partial charge in [0.05, 0.1) is 4.90 Å². The Morgan fingerprint density at radius 2 is 1.82 bits per heavy atom. The summed E-state index contributed by atoms with van der Waals surface area (Å²) < 4.78 is 40.3. The van der Waals surface area contributed by atoms with E-state index >= 15 is 0 Å². The quantitative estimate of drug-likeness (QED) is 0.769. The average molecular weight is 405 g/mol. The van der Waals surface area contributed by atoms with Gasteiger partial charge in [-0.05, 0) is 47.4 Å². The Morgan fingerprint density at radius 3 is 2.46 bits per heavy atom. The number of nitrogens with zero attached hydrogens (tertiary/aromatic N) is 2. The number of carbonyl (C=O) groups excluding carboxylic acids is 1. The van der Waals surface area contributed by atoms with Crippen LogP contribution in [0.1, 0.15) is 30.5 Å². The van der Waals surface area contributed by atoms with Crippen molar-refractivity contribution in [2.75, 3.05) is 13.6 Å². The number of benzene rings is 2. The largest absolute Gasteiger partial charge is 0.338 e. The van der Waals surface area contributed by atoms with Crippen molar-refractivity contribution in [1.82, 2.24) is 9.21 Å². The van der Waals surface area contributed by atoms with Crippen molar-refractivity contribution in [3.8, 4) is 0 Å². The molecule has 28 heavy (non-hydrogen) atoms. The van der Waals surface area contributed by atoms with Crippen LogP contribution < -0.4 is 0 Å². The third-order valence-electron chi connectivity index (χ3n) is 5.02. The van der Waals surface area contributed by atoms with E-state index in [1.54, 1.807) is 29.2 Å². The minimum absolute atomic E-state index is 0.0762. The molecule has 2 aromatic carbocycles. The Balaban J connectivity index is 1.82. The summed E-state index contributed by atoms with van der Waals surface area (Å²) in [7, 11) is -2.19. The van der Waals surface area contributed by atoms with Crippen LogP contribution in [-0.2, 0) is 34.3 Å². The van der Waals surface area contributed by atoms with Crippen LogP contribution in [0.2, 0.25) is 0 Å². The molecule has 0 aliphatic carbocycles. The Labute approximate surface area is 165 Å². The van der Waals surface area contributed by atoms with Gasteiger partial charge in [0, 0.05) is 32.6 Å². The van der Waals surface area contributed by atoms with Crippen molar-refractivity contribution in [2.24, 2.45) is 5.92 Å². The second-order valence-corrected chi connectivity index (χ2v) is 9.53. The highest BCUT2D eigenvalue weighted by molar-refractivity contribution is 7.89. The first kappa shape index (κ1) is 20.5. The van der Waals surface area contributed by atoms with Crippen LogP contribution in [0.4, 0.5) is 4.39 Å². The van der Waals surface area contributed by atoms with Crippen LogP contribution in [0.15, 0.2) is 47.4 Å². The van der Waals surface area contributed by atoms with Crippen molar-refractivity contribution >= 4 is 15.9 Å². The van der Waals surface area contributed by atoms with Crippen LogP contribution in [0, 0.1) is 11.7 Å². The minimum atomic E-state index is -3.70. The zero-order chi connectivity index (χ0) is 20.5. The number of sulfonamides is 1. The van der Waals surface area contributed by atoms with Crippen molar-refractivity contribution in [1.29, 1.82) is 0 Å². The van der Waals surface area contributed by atoms with Gasteiger partial charge in [-0.25, -0.2) is 12.8 Å². The van der Waals surface area contributed by atoms with Crippen molar-refractivity contribution in [2.45, 2.75) is 38.3 Å². The number of hydrogen-bond acceptors (Lipinski definition) is 3. The fourth-order valence-corrected chi connectivity index (χ4v) is 4.57. The molecule has 1 amide bonds. The van der Waals surface area contributed by atoms with E-state index in [4.69, 9.17) is 0 Å². The van der Waals surface area contributed by atoms with Gasteiger partial charge in [-0.1, -0.05) is 32.0 Å². The summed E-state index contributed by atoms with van der Waals surface area (Å²) in [5.74, 6) is -0.368. The van der Waals surface area contributed by atoms with Gasteiger partial charge in [0.15, 0.2) is 0 Å². The molecule has 1 aliphatic rings. The first-order valence-electron chi connectivity index (χ1n) is 9.30. The van der Waals surface area contributed by atoms with E-state index in [9.17, 15) is 17.6 Å². The standard InChI is InChI=1S/C21H25FN2O3S/c1-15(2)21(25)24-11-10-17-6-9-20(12-18(17)14-24)28(26,27)23(3)13-16-4-7-19(22)8-5-16/h4-9,12,15H,10-11,13-14H2,1-3H3. The molecule has 7 heteroatoms.